The van der Waals surface area contributed by atoms with Crippen molar-refractivity contribution in [2.24, 2.45) is 0 Å². The lowest BCUT2D eigenvalue weighted by Gasteiger charge is -2.19. The number of thioether (sulfide) groups is 1. The van der Waals surface area contributed by atoms with Gasteiger partial charge in [0, 0.05) is 11.3 Å². The van der Waals surface area contributed by atoms with E-state index in [9.17, 15) is 0 Å². The highest BCUT2D eigenvalue weighted by Gasteiger charge is 2.13. The fourth-order valence-electron chi connectivity index (χ4n) is 2.48. The molecule has 1 heterocycles. The third-order valence-electron chi connectivity index (χ3n) is 3.96. The maximum Gasteiger partial charge on any atom is 0.187 e. The Bertz CT molecular complexity index is 799. The second kappa shape index (κ2) is 6.73. The second-order valence-electron chi connectivity index (χ2n) is 6.92. The van der Waals surface area contributed by atoms with Crippen molar-refractivity contribution in [3.63, 3.8) is 0 Å². The van der Waals surface area contributed by atoms with Crippen LogP contribution in [0.5, 0.6) is 0 Å². The van der Waals surface area contributed by atoms with Crippen molar-refractivity contribution in [1.29, 1.82) is 0 Å². The van der Waals surface area contributed by atoms with Crippen LogP contribution < -0.4 is 5.84 Å². The molecule has 3 nitrogen and oxygen atoms in total. The molecule has 0 aliphatic heterocycles. The van der Waals surface area contributed by atoms with Crippen LogP contribution in [0.15, 0.2) is 66.0 Å². The first-order valence-electron chi connectivity index (χ1n) is 8.05. The van der Waals surface area contributed by atoms with Crippen molar-refractivity contribution in [3.05, 3.63) is 71.9 Å². The number of nitrogens with zero attached hydrogens (tertiary/aromatic N) is 2. The van der Waals surface area contributed by atoms with E-state index in [4.69, 9.17) is 5.84 Å². The topological polar surface area (TPSA) is 43.8 Å². The molecule has 1 aromatic heterocycles. The van der Waals surface area contributed by atoms with Crippen LogP contribution in [0.1, 0.15) is 31.9 Å². The summed E-state index contributed by atoms with van der Waals surface area (Å²) in [6.45, 7) is 6.69. The summed E-state index contributed by atoms with van der Waals surface area (Å²) in [5, 5.41) is 0.828. The van der Waals surface area contributed by atoms with Crippen molar-refractivity contribution < 1.29 is 0 Å². The van der Waals surface area contributed by atoms with E-state index in [1.54, 1.807) is 16.4 Å². The van der Waals surface area contributed by atoms with E-state index in [1.807, 2.05) is 36.5 Å². The number of aromatic nitrogens is 2. The zero-order valence-corrected chi connectivity index (χ0v) is 15.2. The van der Waals surface area contributed by atoms with E-state index in [-0.39, 0.29) is 5.41 Å². The summed E-state index contributed by atoms with van der Waals surface area (Å²) in [6, 6.07) is 18.9. The molecular weight excluding hydrogens is 314 g/mol. The summed E-state index contributed by atoms with van der Waals surface area (Å²) >= 11 is 1.66. The van der Waals surface area contributed by atoms with Gasteiger partial charge in [-0.1, -0.05) is 87.1 Å². The molecule has 2 aromatic carbocycles. The Labute approximate surface area is 147 Å². The smallest absolute Gasteiger partial charge is 0.187 e. The lowest BCUT2D eigenvalue weighted by Crippen LogP contribution is -2.10. The molecule has 0 aliphatic rings. The predicted octanol–water partition coefficient (Wildman–Crippen LogP) is 4.85. The van der Waals surface area contributed by atoms with Crippen molar-refractivity contribution in [1.82, 2.24) is 9.66 Å². The van der Waals surface area contributed by atoms with Crippen LogP contribution in [0.4, 0.5) is 0 Å². The molecule has 0 radical (unpaired) electrons. The number of nitrogens with two attached hydrogens (primary N) is 1. The molecule has 0 saturated heterocycles. The van der Waals surface area contributed by atoms with Gasteiger partial charge in [-0.15, -0.1) is 0 Å². The van der Waals surface area contributed by atoms with Crippen LogP contribution in [-0.2, 0) is 11.2 Å². The van der Waals surface area contributed by atoms with Gasteiger partial charge in [-0.25, -0.2) is 9.66 Å². The minimum atomic E-state index is 0.184. The Morgan fingerprint density at radius 2 is 1.67 bits per heavy atom. The van der Waals surface area contributed by atoms with Crippen molar-refractivity contribution in [2.45, 2.75) is 37.1 Å². The summed E-state index contributed by atoms with van der Waals surface area (Å²) in [5.74, 6) is 6.91. The molecule has 0 bridgehead atoms. The van der Waals surface area contributed by atoms with Crippen LogP contribution in [0.25, 0.3) is 11.3 Å². The SMILES string of the molecule is CC(C)(C)c1ccc(CSc2nc(-c3ccccc3)cn2N)cc1. The standard InChI is InChI=1S/C20H23N3S/c1-20(2,3)17-11-9-15(10-12-17)14-24-19-22-18(13-23(19)21)16-7-5-4-6-8-16/h4-13H,14,21H2,1-3H3. The lowest BCUT2D eigenvalue weighted by molar-refractivity contribution is 0.590. The third kappa shape index (κ3) is 3.82. The zero-order valence-electron chi connectivity index (χ0n) is 14.4. The van der Waals surface area contributed by atoms with E-state index in [2.05, 4.69) is 50.0 Å². The van der Waals surface area contributed by atoms with E-state index >= 15 is 0 Å². The van der Waals surface area contributed by atoms with Crippen LogP contribution in [0.2, 0.25) is 0 Å². The first-order valence-corrected chi connectivity index (χ1v) is 9.04. The molecular formula is C20H23N3S. The van der Waals surface area contributed by atoms with E-state index in [0.717, 1.165) is 22.2 Å². The quantitative estimate of drug-likeness (QED) is 0.546. The summed E-state index contributed by atoms with van der Waals surface area (Å²) in [4.78, 5) is 4.65. The van der Waals surface area contributed by atoms with Gasteiger partial charge in [0.25, 0.3) is 0 Å². The van der Waals surface area contributed by atoms with Crippen molar-refractivity contribution >= 4 is 11.8 Å². The van der Waals surface area contributed by atoms with Crippen molar-refractivity contribution in [2.75, 3.05) is 5.84 Å². The molecule has 124 valence electrons. The Hall–Kier alpha value is -2.20. The Morgan fingerprint density at radius 3 is 2.29 bits per heavy atom. The maximum absolute atomic E-state index is 6.06. The van der Waals surface area contributed by atoms with E-state index in [1.165, 1.54) is 11.1 Å². The number of nitrogen functional groups attached to an aromatic ring is 1. The van der Waals surface area contributed by atoms with Gasteiger partial charge in [0.2, 0.25) is 0 Å². The molecule has 0 unspecified atom stereocenters. The van der Waals surface area contributed by atoms with Crippen LogP contribution in [0.3, 0.4) is 0 Å². The summed E-state index contributed by atoms with van der Waals surface area (Å²) in [7, 11) is 0. The van der Waals surface area contributed by atoms with Gasteiger partial charge in [-0.3, -0.25) is 0 Å². The highest BCUT2D eigenvalue weighted by atomic mass is 32.2. The fraction of sp³-hybridized carbons (Fsp3) is 0.250. The largest absolute Gasteiger partial charge is 0.337 e. The van der Waals surface area contributed by atoms with Crippen molar-refractivity contribution in [3.8, 4) is 11.3 Å². The van der Waals surface area contributed by atoms with Crippen LogP contribution >= 0.6 is 11.8 Å². The first-order chi connectivity index (χ1) is 11.4. The summed E-state index contributed by atoms with van der Waals surface area (Å²) in [6.07, 6.45) is 1.88. The van der Waals surface area contributed by atoms with E-state index in [0.29, 0.717) is 0 Å². The molecule has 0 spiro atoms. The summed E-state index contributed by atoms with van der Waals surface area (Å²) < 4.78 is 1.61. The van der Waals surface area contributed by atoms with Gasteiger partial charge in [0.15, 0.2) is 5.16 Å². The minimum absolute atomic E-state index is 0.184. The van der Waals surface area contributed by atoms with Crippen LogP contribution in [0, 0.1) is 0 Å². The second-order valence-corrected chi connectivity index (χ2v) is 7.86. The molecule has 4 heteroatoms. The first kappa shape index (κ1) is 16.7. The maximum atomic E-state index is 6.06. The molecule has 0 aliphatic carbocycles. The lowest BCUT2D eigenvalue weighted by atomic mass is 9.87. The Balaban J connectivity index is 1.70. The molecule has 2 N–H and O–H groups in total. The van der Waals surface area contributed by atoms with E-state index < -0.39 is 0 Å². The number of benzene rings is 2. The monoisotopic (exact) mass is 337 g/mol. The third-order valence-corrected chi connectivity index (χ3v) is 4.99. The molecule has 0 atom stereocenters. The van der Waals surface area contributed by atoms with Gasteiger partial charge in [0.1, 0.15) is 0 Å². The van der Waals surface area contributed by atoms with Gasteiger partial charge in [-0.05, 0) is 16.5 Å². The molecule has 24 heavy (non-hydrogen) atoms. The molecule has 0 fully saturated rings. The molecule has 0 amide bonds. The Kier molecular flexibility index (Phi) is 4.67. The van der Waals surface area contributed by atoms with Crippen LogP contribution in [-0.4, -0.2) is 9.66 Å². The summed E-state index contributed by atoms with van der Waals surface area (Å²) in [5.41, 5.74) is 4.80. The normalized spacial score (nSPS) is 11.6. The van der Waals surface area contributed by atoms with Gasteiger partial charge >= 0.3 is 0 Å². The van der Waals surface area contributed by atoms with Gasteiger partial charge in [0.05, 0.1) is 11.9 Å². The molecule has 0 saturated carbocycles. The Morgan fingerprint density at radius 1 is 1.00 bits per heavy atom. The highest BCUT2D eigenvalue weighted by Crippen LogP contribution is 2.27. The number of imidazole rings is 1. The average Bonchev–Trinajstić information content (AvgIpc) is 2.94. The zero-order chi connectivity index (χ0) is 17.2. The molecule has 3 aromatic rings. The van der Waals surface area contributed by atoms with Gasteiger partial charge < -0.3 is 5.84 Å². The minimum Gasteiger partial charge on any atom is -0.337 e. The van der Waals surface area contributed by atoms with Gasteiger partial charge in [-0.2, -0.15) is 0 Å². The average molecular weight is 337 g/mol. The number of rotatable bonds is 4. The highest BCUT2D eigenvalue weighted by molar-refractivity contribution is 7.98. The fourth-order valence-corrected chi connectivity index (χ4v) is 3.33. The number of hydrogen-bond donors (Lipinski definition) is 1. The number of hydrogen-bond acceptors (Lipinski definition) is 3. The predicted molar refractivity (Wildman–Crippen MR) is 103 cm³/mol. The molecule has 3 rings (SSSR count).